The Hall–Kier alpha value is -2.72. The van der Waals surface area contributed by atoms with Crippen molar-refractivity contribution in [2.45, 2.75) is 31.8 Å². The molecule has 1 aromatic heterocycles. The number of carbonyl (C=O) groups excluding carboxylic acids is 2. The summed E-state index contributed by atoms with van der Waals surface area (Å²) in [6.07, 6.45) is 0.585. The van der Waals surface area contributed by atoms with E-state index >= 15 is 0 Å². The van der Waals surface area contributed by atoms with E-state index in [1.807, 2.05) is 32.0 Å². The first-order chi connectivity index (χ1) is 13.8. The molecule has 2 aromatic rings. The molecule has 1 aliphatic rings. The molecule has 29 heavy (non-hydrogen) atoms. The van der Waals surface area contributed by atoms with Crippen molar-refractivity contribution in [2.24, 2.45) is 0 Å². The summed E-state index contributed by atoms with van der Waals surface area (Å²) in [6.45, 7) is 5.17. The van der Waals surface area contributed by atoms with Crippen LogP contribution in [0.3, 0.4) is 0 Å². The number of carbonyl (C=O) groups is 2. The standard InChI is InChI=1S/C19H24N4O5S/c1-3-28-9-5-8-20-18(24)19(25)21-17-15-11-29(26,27)12-16(15)22-23(17)14-7-4-6-13(2)10-14/h4,6-7,10H,3,5,8-9,11-12H2,1-2H3,(H,20,24)(H,21,25). The van der Waals surface area contributed by atoms with Crippen molar-refractivity contribution in [2.75, 3.05) is 25.1 Å². The minimum Gasteiger partial charge on any atom is -0.382 e. The minimum absolute atomic E-state index is 0.187. The maximum absolute atomic E-state index is 12.4. The Kier molecular flexibility index (Phi) is 6.33. The van der Waals surface area contributed by atoms with Crippen LogP contribution in [0.2, 0.25) is 0 Å². The number of sulfone groups is 1. The Labute approximate surface area is 169 Å². The van der Waals surface area contributed by atoms with Gasteiger partial charge < -0.3 is 15.4 Å². The predicted octanol–water partition coefficient (Wildman–Crippen LogP) is 1.09. The molecule has 9 nitrogen and oxygen atoms in total. The van der Waals surface area contributed by atoms with Crippen molar-refractivity contribution < 1.29 is 22.7 Å². The van der Waals surface area contributed by atoms with E-state index in [2.05, 4.69) is 15.7 Å². The smallest absolute Gasteiger partial charge is 0.314 e. The first-order valence-electron chi connectivity index (χ1n) is 9.36. The van der Waals surface area contributed by atoms with Crippen LogP contribution in [0.1, 0.15) is 30.2 Å². The number of benzene rings is 1. The number of nitrogens with one attached hydrogen (secondary N) is 2. The lowest BCUT2D eigenvalue weighted by Crippen LogP contribution is -2.36. The van der Waals surface area contributed by atoms with E-state index in [1.165, 1.54) is 4.68 Å². The maximum atomic E-state index is 12.4. The van der Waals surface area contributed by atoms with E-state index in [-0.39, 0.29) is 17.3 Å². The summed E-state index contributed by atoms with van der Waals surface area (Å²) in [5, 5.41) is 9.46. The third kappa shape index (κ3) is 5.01. The van der Waals surface area contributed by atoms with Crippen molar-refractivity contribution in [3.8, 4) is 5.69 Å². The molecule has 2 amide bonds. The summed E-state index contributed by atoms with van der Waals surface area (Å²) in [7, 11) is -3.31. The molecule has 1 aromatic carbocycles. The quantitative estimate of drug-likeness (QED) is 0.511. The number of hydrogen-bond donors (Lipinski definition) is 2. The topological polar surface area (TPSA) is 119 Å². The lowest BCUT2D eigenvalue weighted by molar-refractivity contribution is -0.136. The highest BCUT2D eigenvalue weighted by atomic mass is 32.2. The predicted molar refractivity (Wildman–Crippen MR) is 107 cm³/mol. The van der Waals surface area contributed by atoms with Gasteiger partial charge in [-0.05, 0) is 38.0 Å². The van der Waals surface area contributed by atoms with Gasteiger partial charge in [-0.3, -0.25) is 9.59 Å². The SMILES string of the molecule is CCOCCCNC(=O)C(=O)Nc1c2c(nn1-c1cccc(C)c1)CS(=O)(=O)C2. The number of nitrogens with zero attached hydrogens (tertiary/aromatic N) is 2. The number of amides is 2. The van der Waals surface area contributed by atoms with Gasteiger partial charge in [0.05, 0.1) is 22.9 Å². The van der Waals surface area contributed by atoms with Crippen LogP contribution in [0, 0.1) is 6.92 Å². The Morgan fingerprint density at radius 2 is 2.03 bits per heavy atom. The van der Waals surface area contributed by atoms with Crippen LogP contribution in [0.25, 0.3) is 5.69 Å². The Balaban J connectivity index is 1.80. The molecule has 0 bridgehead atoms. The Bertz CT molecular complexity index is 1030. The van der Waals surface area contributed by atoms with Crippen molar-refractivity contribution in [1.29, 1.82) is 0 Å². The Morgan fingerprint density at radius 1 is 1.24 bits per heavy atom. The van der Waals surface area contributed by atoms with Crippen molar-refractivity contribution in [1.82, 2.24) is 15.1 Å². The van der Waals surface area contributed by atoms with Gasteiger partial charge >= 0.3 is 11.8 Å². The second-order valence-corrected chi connectivity index (χ2v) is 8.88. The highest BCUT2D eigenvalue weighted by Crippen LogP contribution is 2.33. The van der Waals surface area contributed by atoms with Crippen LogP contribution in [0.5, 0.6) is 0 Å². The molecule has 0 atom stereocenters. The molecular weight excluding hydrogens is 396 g/mol. The van der Waals surface area contributed by atoms with Crippen molar-refractivity contribution in [3.05, 3.63) is 41.1 Å². The number of anilines is 1. The third-order valence-corrected chi connectivity index (χ3v) is 5.87. The lowest BCUT2D eigenvalue weighted by Gasteiger charge is -2.11. The molecule has 3 rings (SSSR count). The summed E-state index contributed by atoms with van der Waals surface area (Å²) in [4.78, 5) is 24.5. The molecule has 156 valence electrons. The van der Waals surface area contributed by atoms with Gasteiger partial charge in [-0.1, -0.05) is 12.1 Å². The molecule has 2 N–H and O–H groups in total. The third-order valence-electron chi connectivity index (χ3n) is 4.43. The van der Waals surface area contributed by atoms with Crippen molar-refractivity contribution in [3.63, 3.8) is 0 Å². The van der Waals surface area contributed by atoms with Gasteiger partial charge in [0, 0.05) is 25.3 Å². The number of ether oxygens (including phenoxy) is 1. The molecule has 0 spiro atoms. The molecule has 1 aliphatic heterocycles. The monoisotopic (exact) mass is 420 g/mol. The number of aromatic nitrogens is 2. The van der Waals surface area contributed by atoms with Crippen LogP contribution < -0.4 is 10.6 Å². The molecule has 0 saturated heterocycles. The van der Waals surface area contributed by atoms with E-state index in [0.717, 1.165) is 5.56 Å². The van der Waals surface area contributed by atoms with Crippen LogP contribution in [0.4, 0.5) is 5.82 Å². The van der Waals surface area contributed by atoms with Gasteiger partial charge in [0.25, 0.3) is 0 Å². The highest BCUT2D eigenvalue weighted by Gasteiger charge is 2.33. The van der Waals surface area contributed by atoms with Gasteiger partial charge in [-0.15, -0.1) is 0 Å². The molecule has 0 aliphatic carbocycles. The first kappa shape index (κ1) is 21.0. The minimum atomic E-state index is -3.31. The molecule has 2 heterocycles. The Morgan fingerprint density at radius 3 is 2.76 bits per heavy atom. The van der Waals surface area contributed by atoms with Gasteiger partial charge in [0.1, 0.15) is 5.82 Å². The molecule has 0 saturated carbocycles. The number of fused-ring (bicyclic) bond motifs is 1. The zero-order chi connectivity index (χ0) is 21.0. The van der Waals surface area contributed by atoms with E-state index in [1.54, 1.807) is 6.07 Å². The molecule has 0 unspecified atom stereocenters. The van der Waals surface area contributed by atoms with Crippen LogP contribution >= 0.6 is 0 Å². The zero-order valence-corrected chi connectivity index (χ0v) is 17.2. The van der Waals surface area contributed by atoms with Crippen molar-refractivity contribution >= 4 is 27.5 Å². The van der Waals surface area contributed by atoms with Gasteiger partial charge in [0.2, 0.25) is 0 Å². The van der Waals surface area contributed by atoms with E-state index in [4.69, 9.17) is 4.74 Å². The fraction of sp³-hybridized carbons (Fsp3) is 0.421. The summed E-state index contributed by atoms with van der Waals surface area (Å²) in [5.41, 5.74) is 2.46. The van der Waals surface area contributed by atoms with Gasteiger partial charge in [-0.25, -0.2) is 13.1 Å². The molecule has 0 radical (unpaired) electrons. The number of aryl methyl sites for hydroxylation is 1. The summed E-state index contributed by atoms with van der Waals surface area (Å²) in [6, 6.07) is 7.41. The summed E-state index contributed by atoms with van der Waals surface area (Å²) < 4.78 is 30.7. The van der Waals surface area contributed by atoms with Gasteiger partial charge in [0.15, 0.2) is 9.84 Å². The van der Waals surface area contributed by atoms with Gasteiger partial charge in [-0.2, -0.15) is 5.10 Å². The second-order valence-electron chi connectivity index (χ2n) is 6.82. The highest BCUT2D eigenvalue weighted by molar-refractivity contribution is 7.90. The molecule has 0 fully saturated rings. The molecule has 10 heteroatoms. The average molecular weight is 420 g/mol. The lowest BCUT2D eigenvalue weighted by atomic mass is 10.2. The largest absolute Gasteiger partial charge is 0.382 e. The van der Waals surface area contributed by atoms with E-state index in [0.29, 0.717) is 43.1 Å². The fourth-order valence-corrected chi connectivity index (χ4v) is 4.58. The second kappa shape index (κ2) is 8.75. The number of hydrogen-bond acceptors (Lipinski definition) is 6. The molecular formula is C19H24N4O5S. The summed E-state index contributed by atoms with van der Waals surface area (Å²) in [5.74, 6) is -1.87. The van der Waals surface area contributed by atoms with Crippen LogP contribution in [-0.4, -0.2) is 49.8 Å². The number of rotatable bonds is 7. The van der Waals surface area contributed by atoms with Crippen LogP contribution in [0.15, 0.2) is 24.3 Å². The maximum Gasteiger partial charge on any atom is 0.314 e. The first-order valence-corrected chi connectivity index (χ1v) is 11.2. The zero-order valence-electron chi connectivity index (χ0n) is 16.4. The normalized spacial score (nSPS) is 14.4. The average Bonchev–Trinajstić information content (AvgIpc) is 3.14. The van der Waals surface area contributed by atoms with E-state index < -0.39 is 21.7 Å². The van der Waals surface area contributed by atoms with Crippen LogP contribution in [-0.2, 0) is 35.7 Å². The van der Waals surface area contributed by atoms with E-state index in [9.17, 15) is 18.0 Å². The summed E-state index contributed by atoms with van der Waals surface area (Å²) >= 11 is 0. The fourth-order valence-electron chi connectivity index (χ4n) is 3.08.